The highest BCUT2D eigenvalue weighted by molar-refractivity contribution is 8.13. The summed E-state index contributed by atoms with van der Waals surface area (Å²) < 4.78 is 62.7. The first-order valence-electron chi connectivity index (χ1n) is 4.33. The lowest BCUT2D eigenvalue weighted by Gasteiger charge is -2.30. The molecule has 0 bridgehead atoms. The van der Waals surface area contributed by atoms with E-state index in [0.717, 1.165) is 0 Å². The van der Waals surface area contributed by atoms with E-state index >= 15 is 0 Å². The Morgan fingerprint density at radius 1 is 1.33 bits per heavy atom. The molecule has 8 heteroatoms. The van der Waals surface area contributed by atoms with Crippen molar-refractivity contribution in [2.24, 2.45) is 0 Å². The van der Waals surface area contributed by atoms with Crippen molar-refractivity contribution in [3.8, 4) is 0 Å². The first kappa shape index (κ1) is 13.1. The summed E-state index contributed by atoms with van der Waals surface area (Å²) in [6.07, 6.45) is -6.79. The largest absolute Gasteiger partial charge is 0.414 e. The average Bonchev–Trinajstić information content (AvgIpc) is 1.99. The third-order valence-corrected chi connectivity index (χ3v) is 3.25. The molecule has 1 aliphatic rings. The van der Waals surface area contributed by atoms with E-state index in [1.807, 2.05) is 0 Å². The van der Waals surface area contributed by atoms with Crippen LogP contribution < -0.4 is 0 Å². The second kappa shape index (κ2) is 4.47. The molecule has 0 aliphatic carbocycles. The fraction of sp³-hybridized carbons (Fsp3) is 1.00. The topological polar surface area (TPSA) is 43.4 Å². The van der Waals surface area contributed by atoms with Gasteiger partial charge in [-0.25, -0.2) is 8.42 Å². The van der Waals surface area contributed by atoms with Crippen LogP contribution >= 0.6 is 10.7 Å². The van der Waals surface area contributed by atoms with E-state index in [1.54, 1.807) is 0 Å². The van der Waals surface area contributed by atoms with Crippen molar-refractivity contribution in [2.75, 3.05) is 5.75 Å². The van der Waals surface area contributed by atoms with Crippen molar-refractivity contribution in [1.82, 2.24) is 0 Å². The van der Waals surface area contributed by atoms with Gasteiger partial charge in [0.2, 0.25) is 9.05 Å². The molecule has 2 unspecified atom stereocenters. The number of hydrogen-bond donors (Lipinski definition) is 0. The van der Waals surface area contributed by atoms with Crippen molar-refractivity contribution in [3.05, 3.63) is 0 Å². The van der Waals surface area contributed by atoms with Crippen molar-refractivity contribution >= 4 is 19.7 Å². The van der Waals surface area contributed by atoms with Crippen LogP contribution in [0.1, 0.15) is 19.3 Å². The Hall–Kier alpha value is -0.0100. The summed E-state index contributed by atoms with van der Waals surface area (Å²) in [5, 5.41) is 0. The van der Waals surface area contributed by atoms with E-state index in [4.69, 9.17) is 10.7 Å². The molecule has 90 valence electrons. The molecule has 0 aromatic heterocycles. The van der Waals surface area contributed by atoms with Gasteiger partial charge in [0.15, 0.2) is 6.10 Å². The molecular weight excluding hydrogens is 257 g/mol. The van der Waals surface area contributed by atoms with E-state index in [0.29, 0.717) is 12.8 Å². The SMILES string of the molecule is O=S(=O)(Cl)CC1CCCC(C(F)(F)F)O1. The molecule has 0 aromatic rings. The minimum atomic E-state index is -4.44. The monoisotopic (exact) mass is 266 g/mol. The lowest BCUT2D eigenvalue weighted by molar-refractivity contribution is -0.242. The van der Waals surface area contributed by atoms with Gasteiger partial charge in [-0.05, 0) is 19.3 Å². The summed E-state index contributed by atoms with van der Waals surface area (Å²) in [6, 6.07) is 0. The van der Waals surface area contributed by atoms with Crippen molar-refractivity contribution in [2.45, 2.75) is 37.6 Å². The Labute approximate surface area is 90.0 Å². The highest BCUT2D eigenvalue weighted by Gasteiger charge is 2.43. The fourth-order valence-corrected chi connectivity index (χ4v) is 2.60. The fourth-order valence-electron chi connectivity index (χ4n) is 1.48. The third-order valence-electron chi connectivity index (χ3n) is 2.10. The number of halogens is 4. The first-order valence-corrected chi connectivity index (χ1v) is 6.81. The number of hydrogen-bond acceptors (Lipinski definition) is 3. The van der Waals surface area contributed by atoms with Crippen molar-refractivity contribution in [3.63, 3.8) is 0 Å². The van der Waals surface area contributed by atoms with E-state index in [2.05, 4.69) is 4.74 Å². The molecule has 0 spiro atoms. The molecule has 1 rings (SSSR count). The van der Waals surface area contributed by atoms with Gasteiger partial charge in [0.25, 0.3) is 0 Å². The quantitative estimate of drug-likeness (QED) is 0.719. The number of alkyl halides is 3. The average molecular weight is 267 g/mol. The van der Waals surface area contributed by atoms with Gasteiger partial charge in [0.05, 0.1) is 11.9 Å². The Morgan fingerprint density at radius 2 is 1.93 bits per heavy atom. The zero-order valence-electron chi connectivity index (χ0n) is 7.63. The van der Waals surface area contributed by atoms with Gasteiger partial charge in [-0.15, -0.1) is 0 Å². The molecule has 15 heavy (non-hydrogen) atoms. The highest BCUT2D eigenvalue weighted by Crippen LogP contribution is 2.32. The van der Waals surface area contributed by atoms with Crippen molar-refractivity contribution in [1.29, 1.82) is 0 Å². The molecule has 0 amide bonds. The third kappa shape index (κ3) is 4.56. The van der Waals surface area contributed by atoms with Crippen LogP contribution in [-0.4, -0.2) is 32.6 Å². The summed E-state index contributed by atoms with van der Waals surface area (Å²) >= 11 is 0. The molecule has 2 atom stereocenters. The molecule has 1 aliphatic heterocycles. The van der Waals surface area contributed by atoms with Crippen LogP contribution in [0.5, 0.6) is 0 Å². The maximum atomic E-state index is 12.2. The Kier molecular flexibility index (Phi) is 3.89. The summed E-state index contributed by atoms with van der Waals surface area (Å²) in [4.78, 5) is 0. The summed E-state index contributed by atoms with van der Waals surface area (Å²) in [5.74, 6) is -0.568. The van der Waals surface area contributed by atoms with Crippen LogP contribution in [0, 0.1) is 0 Å². The zero-order valence-corrected chi connectivity index (χ0v) is 9.20. The standard InChI is InChI=1S/C7H10ClF3O3S/c8-15(12,13)4-5-2-1-3-6(14-5)7(9,10)11/h5-6H,1-4H2. The van der Waals surface area contributed by atoms with Gasteiger partial charge in [-0.1, -0.05) is 0 Å². The van der Waals surface area contributed by atoms with Crippen LogP contribution in [0.25, 0.3) is 0 Å². The molecule has 1 saturated heterocycles. The molecule has 0 saturated carbocycles. The number of ether oxygens (including phenoxy) is 1. The van der Waals surface area contributed by atoms with E-state index in [-0.39, 0.29) is 6.42 Å². The van der Waals surface area contributed by atoms with Crippen LogP contribution in [0.4, 0.5) is 13.2 Å². The molecule has 0 radical (unpaired) electrons. The Bertz CT molecular complexity index is 314. The van der Waals surface area contributed by atoms with Gasteiger partial charge in [0.1, 0.15) is 0 Å². The zero-order chi connectivity index (χ0) is 11.7. The lowest BCUT2D eigenvalue weighted by Crippen LogP contribution is -2.40. The van der Waals surface area contributed by atoms with E-state index in [9.17, 15) is 21.6 Å². The number of rotatable bonds is 2. The van der Waals surface area contributed by atoms with Gasteiger partial charge in [-0.3, -0.25) is 0 Å². The maximum absolute atomic E-state index is 12.2. The summed E-state index contributed by atoms with van der Waals surface area (Å²) in [5.41, 5.74) is 0. The first-order chi connectivity index (χ1) is 6.68. The normalized spacial score (nSPS) is 29.1. The Balaban J connectivity index is 2.57. The van der Waals surface area contributed by atoms with Gasteiger partial charge >= 0.3 is 6.18 Å². The van der Waals surface area contributed by atoms with Crippen LogP contribution in [0.15, 0.2) is 0 Å². The smallest absolute Gasteiger partial charge is 0.364 e. The molecule has 1 heterocycles. The molecule has 0 aromatic carbocycles. The predicted octanol–water partition coefficient (Wildman–Crippen LogP) is 2.06. The predicted molar refractivity (Wildman–Crippen MR) is 48.2 cm³/mol. The summed E-state index contributed by atoms with van der Waals surface area (Å²) in [6.45, 7) is 0. The molecule has 3 nitrogen and oxygen atoms in total. The molecular formula is C7H10ClF3O3S. The minimum absolute atomic E-state index is 0.123. The highest BCUT2D eigenvalue weighted by atomic mass is 35.7. The van der Waals surface area contributed by atoms with E-state index in [1.165, 1.54) is 0 Å². The van der Waals surface area contributed by atoms with Gasteiger partial charge in [0, 0.05) is 10.7 Å². The minimum Gasteiger partial charge on any atom is -0.364 e. The van der Waals surface area contributed by atoms with Crippen LogP contribution in [0.3, 0.4) is 0 Å². The van der Waals surface area contributed by atoms with E-state index < -0.39 is 33.2 Å². The second-order valence-electron chi connectivity index (χ2n) is 3.42. The lowest BCUT2D eigenvalue weighted by atomic mass is 10.0. The van der Waals surface area contributed by atoms with Crippen LogP contribution in [-0.2, 0) is 13.8 Å². The Morgan fingerprint density at radius 3 is 2.40 bits per heavy atom. The maximum Gasteiger partial charge on any atom is 0.414 e. The van der Waals surface area contributed by atoms with Crippen molar-refractivity contribution < 1.29 is 26.3 Å². The van der Waals surface area contributed by atoms with Crippen LogP contribution in [0.2, 0.25) is 0 Å². The summed E-state index contributed by atoms with van der Waals surface area (Å²) in [7, 11) is 1.13. The van der Waals surface area contributed by atoms with Gasteiger partial charge < -0.3 is 4.74 Å². The second-order valence-corrected chi connectivity index (χ2v) is 6.25. The van der Waals surface area contributed by atoms with Gasteiger partial charge in [-0.2, -0.15) is 13.2 Å². The molecule has 0 N–H and O–H groups in total. The molecule has 1 fully saturated rings.